The number of rotatable bonds is 2. The summed E-state index contributed by atoms with van der Waals surface area (Å²) in [5, 5.41) is 0. The van der Waals surface area contributed by atoms with Gasteiger partial charge in [-0.3, -0.25) is 4.90 Å². The smallest absolute Gasteiger partial charge is 0.0658 e. The van der Waals surface area contributed by atoms with Crippen LogP contribution in [-0.4, -0.2) is 56.5 Å². The van der Waals surface area contributed by atoms with Crippen molar-refractivity contribution in [3.8, 4) is 0 Å². The van der Waals surface area contributed by atoms with Crippen molar-refractivity contribution in [2.75, 3.05) is 46.1 Å². The van der Waals surface area contributed by atoms with E-state index in [4.69, 9.17) is 15.2 Å². The van der Waals surface area contributed by atoms with Gasteiger partial charge < -0.3 is 15.2 Å². The Morgan fingerprint density at radius 2 is 1.93 bits per heavy atom. The highest BCUT2D eigenvalue weighted by atomic mass is 16.5. The molecule has 4 nitrogen and oxygen atoms in total. The molecule has 0 saturated carbocycles. The fourth-order valence-corrected chi connectivity index (χ4v) is 2.20. The molecule has 0 aromatic rings. The van der Waals surface area contributed by atoms with Crippen molar-refractivity contribution in [2.45, 2.75) is 18.4 Å². The highest BCUT2D eigenvalue weighted by molar-refractivity contribution is 4.90. The van der Waals surface area contributed by atoms with Crippen molar-refractivity contribution in [1.82, 2.24) is 4.90 Å². The molecule has 4 heteroatoms. The van der Waals surface area contributed by atoms with Crippen LogP contribution in [0.4, 0.5) is 0 Å². The maximum Gasteiger partial charge on any atom is 0.0658 e. The van der Waals surface area contributed by atoms with E-state index in [2.05, 4.69) is 4.90 Å². The van der Waals surface area contributed by atoms with Gasteiger partial charge in [0.25, 0.3) is 0 Å². The van der Waals surface area contributed by atoms with Crippen LogP contribution in [-0.2, 0) is 9.47 Å². The quantitative estimate of drug-likeness (QED) is 0.672. The number of hydrogen-bond acceptors (Lipinski definition) is 4. The first-order valence-electron chi connectivity index (χ1n) is 5.45. The summed E-state index contributed by atoms with van der Waals surface area (Å²) in [6, 6.07) is 0. The van der Waals surface area contributed by atoms with Gasteiger partial charge >= 0.3 is 0 Å². The van der Waals surface area contributed by atoms with Crippen LogP contribution < -0.4 is 5.73 Å². The molecule has 1 atom stereocenters. The molecule has 0 aliphatic carbocycles. The number of hydrogen-bond donors (Lipinski definition) is 1. The number of nitrogens with two attached hydrogens (primary N) is 1. The van der Waals surface area contributed by atoms with E-state index in [1.54, 1.807) is 0 Å². The van der Waals surface area contributed by atoms with Crippen molar-refractivity contribution in [3.63, 3.8) is 0 Å². The molecule has 2 aliphatic heterocycles. The molecule has 2 N–H and O–H groups in total. The number of nitrogens with zero attached hydrogens (tertiary/aromatic N) is 1. The molecule has 0 spiro atoms. The molecule has 2 fully saturated rings. The van der Waals surface area contributed by atoms with Gasteiger partial charge in [-0.25, -0.2) is 0 Å². The van der Waals surface area contributed by atoms with E-state index in [9.17, 15) is 0 Å². The SMILES string of the molecule is NC1(CN2CCOCC2)CCCOC1. The zero-order valence-corrected chi connectivity index (χ0v) is 8.71. The van der Waals surface area contributed by atoms with Gasteiger partial charge in [-0.05, 0) is 12.8 Å². The predicted molar refractivity (Wildman–Crippen MR) is 54.2 cm³/mol. The van der Waals surface area contributed by atoms with Crippen molar-refractivity contribution < 1.29 is 9.47 Å². The lowest BCUT2D eigenvalue weighted by Crippen LogP contribution is -2.57. The standard InChI is InChI=1S/C10H20N2O2/c11-10(2-1-5-14-9-10)8-12-3-6-13-7-4-12/h1-9,11H2. The Kier molecular flexibility index (Phi) is 3.38. The summed E-state index contributed by atoms with van der Waals surface area (Å²) < 4.78 is 10.8. The normalized spacial score (nSPS) is 35.8. The maximum atomic E-state index is 6.28. The first-order chi connectivity index (χ1) is 6.79. The van der Waals surface area contributed by atoms with Gasteiger partial charge in [0.1, 0.15) is 0 Å². The summed E-state index contributed by atoms with van der Waals surface area (Å²) in [4.78, 5) is 2.39. The van der Waals surface area contributed by atoms with Crippen LogP contribution in [0.2, 0.25) is 0 Å². The Hall–Kier alpha value is -0.160. The molecule has 0 radical (unpaired) electrons. The second-order valence-corrected chi connectivity index (χ2v) is 4.41. The first-order valence-corrected chi connectivity index (χ1v) is 5.45. The molecule has 2 rings (SSSR count). The molecule has 14 heavy (non-hydrogen) atoms. The third-order valence-electron chi connectivity index (χ3n) is 3.00. The lowest BCUT2D eigenvalue weighted by molar-refractivity contribution is -0.00919. The minimum absolute atomic E-state index is 0.115. The first kappa shape index (κ1) is 10.4. The van der Waals surface area contributed by atoms with Crippen LogP contribution in [0.15, 0.2) is 0 Å². The molecule has 2 heterocycles. The molecular formula is C10H20N2O2. The summed E-state index contributed by atoms with van der Waals surface area (Å²) in [6.45, 7) is 6.26. The average molecular weight is 200 g/mol. The van der Waals surface area contributed by atoms with E-state index in [-0.39, 0.29) is 5.54 Å². The highest BCUT2D eigenvalue weighted by Crippen LogP contribution is 2.18. The summed E-state index contributed by atoms with van der Waals surface area (Å²) in [5.41, 5.74) is 6.17. The van der Waals surface area contributed by atoms with Gasteiger partial charge in [-0.1, -0.05) is 0 Å². The van der Waals surface area contributed by atoms with Crippen LogP contribution in [0.25, 0.3) is 0 Å². The fraction of sp³-hybridized carbons (Fsp3) is 1.00. The Morgan fingerprint density at radius 1 is 1.14 bits per heavy atom. The second-order valence-electron chi connectivity index (χ2n) is 4.41. The zero-order chi connectivity index (χ0) is 9.86. The summed E-state index contributed by atoms with van der Waals surface area (Å²) in [6.07, 6.45) is 2.19. The van der Waals surface area contributed by atoms with Crippen molar-refractivity contribution >= 4 is 0 Å². The molecule has 0 aromatic heterocycles. The topological polar surface area (TPSA) is 47.7 Å². The minimum atomic E-state index is -0.115. The van der Waals surface area contributed by atoms with Crippen molar-refractivity contribution in [3.05, 3.63) is 0 Å². The summed E-state index contributed by atoms with van der Waals surface area (Å²) >= 11 is 0. The third-order valence-corrected chi connectivity index (χ3v) is 3.00. The average Bonchev–Trinajstić information content (AvgIpc) is 2.19. The number of ether oxygens (including phenoxy) is 2. The van der Waals surface area contributed by atoms with E-state index in [0.29, 0.717) is 6.61 Å². The van der Waals surface area contributed by atoms with Gasteiger partial charge in [0.15, 0.2) is 0 Å². The predicted octanol–water partition coefficient (Wildman–Crippen LogP) is -0.173. The molecular weight excluding hydrogens is 180 g/mol. The van der Waals surface area contributed by atoms with Crippen LogP contribution in [0, 0.1) is 0 Å². The largest absolute Gasteiger partial charge is 0.379 e. The lowest BCUT2D eigenvalue weighted by atomic mass is 9.93. The molecule has 1 unspecified atom stereocenters. The highest BCUT2D eigenvalue weighted by Gasteiger charge is 2.30. The van der Waals surface area contributed by atoms with Crippen LogP contribution in [0.3, 0.4) is 0 Å². The van der Waals surface area contributed by atoms with E-state index in [0.717, 1.165) is 52.3 Å². The Labute approximate surface area is 85.3 Å². The molecule has 0 bridgehead atoms. The van der Waals surface area contributed by atoms with Gasteiger partial charge in [-0.2, -0.15) is 0 Å². The zero-order valence-electron chi connectivity index (χ0n) is 8.71. The fourth-order valence-electron chi connectivity index (χ4n) is 2.20. The molecule has 0 aromatic carbocycles. The third kappa shape index (κ3) is 2.67. The van der Waals surface area contributed by atoms with Gasteiger partial charge in [0.2, 0.25) is 0 Å². The Bertz CT molecular complexity index is 175. The van der Waals surface area contributed by atoms with E-state index in [1.807, 2.05) is 0 Å². The van der Waals surface area contributed by atoms with Crippen molar-refractivity contribution in [2.24, 2.45) is 5.73 Å². The lowest BCUT2D eigenvalue weighted by Gasteiger charge is -2.39. The molecule has 2 saturated heterocycles. The second kappa shape index (κ2) is 4.57. The maximum absolute atomic E-state index is 6.28. The Balaban J connectivity index is 1.81. The van der Waals surface area contributed by atoms with Crippen LogP contribution in [0.1, 0.15) is 12.8 Å². The van der Waals surface area contributed by atoms with Crippen LogP contribution >= 0.6 is 0 Å². The summed E-state index contributed by atoms with van der Waals surface area (Å²) in [7, 11) is 0. The molecule has 82 valence electrons. The van der Waals surface area contributed by atoms with Gasteiger partial charge in [0.05, 0.1) is 25.4 Å². The Morgan fingerprint density at radius 3 is 2.57 bits per heavy atom. The molecule has 0 amide bonds. The van der Waals surface area contributed by atoms with Crippen LogP contribution in [0.5, 0.6) is 0 Å². The van der Waals surface area contributed by atoms with Crippen molar-refractivity contribution in [1.29, 1.82) is 0 Å². The van der Waals surface area contributed by atoms with E-state index >= 15 is 0 Å². The van der Waals surface area contributed by atoms with E-state index < -0.39 is 0 Å². The van der Waals surface area contributed by atoms with E-state index in [1.165, 1.54) is 0 Å². The molecule has 2 aliphatic rings. The van der Waals surface area contributed by atoms with Gasteiger partial charge in [-0.15, -0.1) is 0 Å². The van der Waals surface area contributed by atoms with Gasteiger partial charge in [0, 0.05) is 26.2 Å². The summed E-state index contributed by atoms with van der Waals surface area (Å²) in [5.74, 6) is 0. The monoisotopic (exact) mass is 200 g/mol. The number of morpholine rings is 1. The minimum Gasteiger partial charge on any atom is -0.379 e.